The van der Waals surface area contributed by atoms with Gasteiger partial charge in [0.05, 0.1) is 11.0 Å². The van der Waals surface area contributed by atoms with E-state index in [9.17, 15) is 0 Å². The molecule has 14 heavy (non-hydrogen) atoms. The van der Waals surface area contributed by atoms with Crippen LogP contribution in [-0.4, -0.2) is 29.0 Å². The molecule has 1 aromatic heterocycles. The van der Waals surface area contributed by atoms with Crippen molar-refractivity contribution in [2.45, 2.75) is 6.54 Å². The second-order valence-corrected chi connectivity index (χ2v) is 3.62. The molecular formula is C11H13N3. The Hall–Kier alpha value is -1.48. The Kier molecular flexibility index (Phi) is 2.41. The van der Waals surface area contributed by atoms with E-state index < -0.39 is 0 Å². The molecule has 2 rings (SSSR count). The summed E-state index contributed by atoms with van der Waals surface area (Å²) in [5.74, 6) is 0. The average Bonchev–Trinajstić information content (AvgIpc) is 2.17. The molecule has 0 bridgehead atoms. The molecular weight excluding hydrogens is 174 g/mol. The van der Waals surface area contributed by atoms with E-state index in [4.69, 9.17) is 0 Å². The maximum atomic E-state index is 4.27. The quantitative estimate of drug-likeness (QED) is 0.716. The number of nitrogens with zero attached hydrogens (tertiary/aromatic N) is 3. The summed E-state index contributed by atoms with van der Waals surface area (Å²) in [5, 5.41) is 0. The Morgan fingerprint density at radius 2 is 1.79 bits per heavy atom. The summed E-state index contributed by atoms with van der Waals surface area (Å²) < 4.78 is 0. The van der Waals surface area contributed by atoms with Gasteiger partial charge in [-0.25, -0.2) is 0 Å². The first-order valence-electron chi connectivity index (χ1n) is 4.60. The average molecular weight is 187 g/mol. The first kappa shape index (κ1) is 9.09. The van der Waals surface area contributed by atoms with Crippen molar-refractivity contribution in [3.8, 4) is 0 Å². The minimum absolute atomic E-state index is 0.937. The molecule has 0 spiro atoms. The van der Waals surface area contributed by atoms with Crippen LogP contribution < -0.4 is 0 Å². The zero-order valence-corrected chi connectivity index (χ0v) is 8.44. The number of fused-ring (bicyclic) bond motifs is 1. The van der Waals surface area contributed by atoms with E-state index in [0.717, 1.165) is 17.6 Å². The molecule has 0 saturated heterocycles. The van der Waals surface area contributed by atoms with E-state index in [2.05, 4.69) is 41.1 Å². The van der Waals surface area contributed by atoms with Crippen LogP contribution >= 0.6 is 0 Å². The van der Waals surface area contributed by atoms with E-state index in [1.807, 2.05) is 6.07 Å². The highest BCUT2D eigenvalue weighted by molar-refractivity contribution is 5.74. The smallest absolute Gasteiger partial charge is 0.0890 e. The summed E-state index contributed by atoms with van der Waals surface area (Å²) in [4.78, 5) is 10.6. The summed E-state index contributed by atoms with van der Waals surface area (Å²) in [5.41, 5.74) is 3.19. The predicted octanol–water partition coefficient (Wildman–Crippen LogP) is 1.69. The van der Waals surface area contributed by atoms with Crippen LogP contribution in [-0.2, 0) is 6.54 Å². The second kappa shape index (κ2) is 3.72. The van der Waals surface area contributed by atoms with Gasteiger partial charge >= 0.3 is 0 Å². The highest BCUT2D eigenvalue weighted by Crippen LogP contribution is 2.11. The van der Waals surface area contributed by atoms with Gasteiger partial charge < -0.3 is 4.90 Å². The van der Waals surface area contributed by atoms with Crippen molar-refractivity contribution in [2.75, 3.05) is 14.1 Å². The fourth-order valence-electron chi connectivity index (χ4n) is 1.47. The van der Waals surface area contributed by atoms with E-state index in [0.29, 0.717) is 0 Å². The number of hydrogen-bond acceptors (Lipinski definition) is 3. The lowest BCUT2D eigenvalue weighted by molar-refractivity contribution is 0.402. The third-order valence-corrected chi connectivity index (χ3v) is 2.03. The Balaban J connectivity index is 2.41. The van der Waals surface area contributed by atoms with Crippen molar-refractivity contribution >= 4 is 11.0 Å². The molecule has 3 nitrogen and oxygen atoms in total. The van der Waals surface area contributed by atoms with Crippen molar-refractivity contribution in [1.29, 1.82) is 0 Å². The molecule has 0 N–H and O–H groups in total. The first-order valence-corrected chi connectivity index (χ1v) is 4.60. The van der Waals surface area contributed by atoms with Gasteiger partial charge in [-0.1, -0.05) is 6.07 Å². The maximum absolute atomic E-state index is 4.27. The normalized spacial score (nSPS) is 11.1. The number of benzene rings is 1. The van der Waals surface area contributed by atoms with Gasteiger partial charge in [-0.05, 0) is 31.8 Å². The van der Waals surface area contributed by atoms with Crippen molar-refractivity contribution in [3.63, 3.8) is 0 Å². The molecule has 0 radical (unpaired) electrons. The molecule has 0 fully saturated rings. The largest absolute Gasteiger partial charge is 0.305 e. The molecule has 72 valence electrons. The van der Waals surface area contributed by atoms with Gasteiger partial charge in [0.2, 0.25) is 0 Å². The highest BCUT2D eigenvalue weighted by atomic mass is 15.0. The van der Waals surface area contributed by atoms with Crippen LogP contribution in [0.25, 0.3) is 11.0 Å². The van der Waals surface area contributed by atoms with E-state index in [1.165, 1.54) is 5.56 Å². The molecule has 0 saturated carbocycles. The molecule has 1 heterocycles. The van der Waals surface area contributed by atoms with Crippen LogP contribution in [0.4, 0.5) is 0 Å². The lowest BCUT2D eigenvalue weighted by Gasteiger charge is -2.09. The molecule has 0 aliphatic carbocycles. The van der Waals surface area contributed by atoms with Gasteiger partial charge in [-0.3, -0.25) is 9.97 Å². The number of aromatic nitrogens is 2. The zero-order valence-electron chi connectivity index (χ0n) is 8.44. The maximum Gasteiger partial charge on any atom is 0.0890 e. The van der Waals surface area contributed by atoms with E-state index >= 15 is 0 Å². The Morgan fingerprint density at radius 3 is 2.50 bits per heavy atom. The minimum Gasteiger partial charge on any atom is -0.305 e. The fraction of sp³-hybridized carbons (Fsp3) is 0.273. The third-order valence-electron chi connectivity index (χ3n) is 2.03. The van der Waals surface area contributed by atoms with Crippen LogP contribution in [0.15, 0.2) is 30.6 Å². The van der Waals surface area contributed by atoms with Gasteiger partial charge in [-0.2, -0.15) is 0 Å². The van der Waals surface area contributed by atoms with Gasteiger partial charge in [0.25, 0.3) is 0 Å². The van der Waals surface area contributed by atoms with Crippen LogP contribution in [0.2, 0.25) is 0 Å². The molecule has 0 aliphatic heterocycles. The highest BCUT2D eigenvalue weighted by Gasteiger charge is 1.98. The van der Waals surface area contributed by atoms with Crippen molar-refractivity contribution < 1.29 is 0 Å². The summed E-state index contributed by atoms with van der Waals surface area (Å²) >= 11 is 0. The van der Waals surface area contributed by atoms with Crippen LogP contribution in [0, 0.1) is 0 Å². The van der Waals surface area contributed by atoms with Crippen LogP contribution in [0.1, 0.15) is 5.56 Å². The number of rotatable bonds is 2. The fourth-order valence-corrected chi connectivity index (χ4v) is 1.47. The summed E-state index contributed by atoms with van der Waals surface area (Å²) in [6, 6.07) is 6.19. The molecule has 0 amide bonds. The molecule has 0 aliphatic rings. The summed E-state index contributed by atoms with van der Waals surface area (Å²) in [7, 11) is 4.11. The monoisotopic (exact) mass is 187 g/mol. The van der Waals surface area contributed by atoms with Crippen molar-refractivity contribution in [3.05, 3.63) is 36.2 Å². The van der Waals surface area contributed by atoms with Gasteiger partial charge in [0.15, 0.2) is 0 Å². The van der Waals surface area contributed by atoms with E-state index in [-0.39, 0.29) is 0 Å². The molecule has 3 heteroatoms. The topological polar surface area (TPSA) is 29.0 Å². The van der Waals surface area contributed by atoms with E-state index in [1.54, 1.807) is 12.4 Å². The SMILES string of the molecule is CN(C)Cc1ccc2nccnc2c1. The Bertz CT molecular complexity index is 437. The minimum atomic E-state index is 0.937. The second-order valence-electron chi connectivity index (χ2n) is 3.62. The van der Waals surface area contributed by atoms with Crippen molar-refractivity contribution in [2.24, 2.45) is 0 Å². The van der Waals surface area contributed by atoms with Crippen LogP contribution in [0.3, 0.4) is 0 Å². The third kappa shape index (κ3) is 1.88. The standard InChI is InChI=1S/C11H13N3/c1-14(2)8-9-3-4-10-11(7-9)13-6-5-12-10/h3-7H,8H2,1-2H3. The van der Waals surface area contributed by atoms with Crippen molar-refractivity contribution in [1.82, 2.24) is 14.9 Å². The Labute approximate surface area is 83.4 Å². The summed E-state index contributed by atoms with van der Waals surface area (Å²) in [6.45, 7) is 0.937. The first-order chi connectivity index (χ1) is 6.75. The Morgan fingerprint density at radius 1 is 1.07 bits per heavy atom. The van der Waals surface area contributed by atoms with Gasteiger partial charge in [0, 0.05) is 18.9 Å². The van der Waals surface area contributed by atoms with Gasteiger partial charge in [-0.15, -0.1) is 0 Å². The van der Waals surface area contributed by atoms with Gasteiger partial charge in [0.1, 0.15) is 0 Å². The molecule has 0 atom stereocenters. The molecule has 0 unspecified atom stereocenters. The van der Waals surface area contributed by atoms with Crippen LogP contribution in [0.5, 0.6) is 0 Å². The lowest BCUT2D eigenvalue weighted by Crippen LogP contribution is -2.10. The molecule has 1 aromatic carbocycles. The predicted molar refractivity (Wildman–Crippen MR) is 56.9 cm³/mol. The zero-order chi connectivity index (χ0) is 9.97. The summed E-state index contributed by atoms with van der Waals surface area (Å²) in [6.07, 6.45) is 3.44. The lowest BCUT2D eigenvalue weighted by atomic mass is 10.2. The number of hydrogen-bond donors (Lipinski definition) is 0. The molecule has 2 aromatic rings.